The Bertz CT molecular complexity index is 795. The van der Waals surface area contributed by atoms with E-state index < -0.39 is 12.1 Å². The van der Waals surface area contributed by atoms with Crippen LogP contribution in [0.4, 0.5) is 0 Å². The van der Waals surface area contributed by atoms with Gasteiger partial charge in [0.25, 0.3) is 5.89 Å². The average Bonchev–Trinajstić information content (AvgIpc) is 3.22. The molecular formula is C16H16N4O3. The van der Waals surface area contributed by atoms with Crippen LogP contribution in [0.25, 0.3) is 0 Å². The van der Waals surface area contributed by atoms with Crippen molar-refractivity contribution in [1.82, 2.24) is 19.9 Å². The van der Waals surface area contributed by atoms with Gasteiger partial charge < -0.3 is 9.26 Å². The smallest absolute Gasteiger partial charge is 0.342 e. The largest absolute Gasteiger partial charge is 0.444 e. The molecule has 0 radical (unpaired) electrons. The molecule has 118 valence electrons. The summed E-state index contributed by atoms with van der Waals surface area (Å²) in [6.07, 6.45) is 2.37. The Morgan fingerprint density at radius 3 is 2.74 bits per heavy atom. The van der Waals surface area contributed by atoms with Crippen LogP contribution in [0.2, 0.25) is 0 Å². The molecule has 0 bridgehead atoms. The van der Waals surface area contributed by atoms with Gasteiger partial charge in [0.2, 0.25) is 6.10 Å². The molecule has 0 unspecified atom stereocenters. The van der Waals surface area contributed by atoms with Gasteiger partial charge in [-0.15, -0.1) is 0 Å². The SMILES string of the molecule is CCn1cc(C(=O)O[C@@H](c2ccccc2)c2nc(C)no2)cn1. The Morgan fingerprint density at radius 1 is 1.35 bits per heavy atom. The van der Waals surface area contributed by atoms with E-state index in [0.29, 0.717) is 17.9 Å². The molecule has 0 N–H and O–H groups in total. The number of rotatable bonds is 5. The van der Waals surface area contributed by atoms with Crippen LogP contribution in [0.3, 0.4) is 0 Å². The van der Waals surface area contributed by atoms with Gasteiger partial charge in [-0.25, -0.2) is 4.79 Å². The molecule has 7 nitrogen and oxygen atoms in total. The van der Waals surface area contributed by atoms with E-state index in [-0.39, 0.29) is 5.89 Å². The van der Waals surface area contributed by atoms with Gasteiger partial charge in [-0.3, -0.25) is 4.68 Å². The number of benzene rings is 1. The number of esters is 1. The third-order valence-corrected chi connectivity index (χ3v) is 3.29. The molecule has 1 aromatic carbocycles. The summed E-state index contributed by atoms with van der Waals surface area (Å²) in [5.74, 6) is 0.232. The van der Waals surface area contributed by atoms with Crippen molar-refractivity contribution < 1.29 is 14.1 Å². The first-order valence-electron chi connectivity index (χ1n) is 7.26. The molecule has 0 fully saturated rings. The lowest BCUT2D eigenvalue weighted by Crippen LogP contribution is -2.13. The molecule has 0 saturated heterocycles. The molecule has 0 amide bonds. The first-order valence-corrected chi connectivity index (χ1v) is 7.26. The molecular weight excluding hydrogens is 296 g/mol. The highest BCUT2D eigenvalue weighted by molar-refractivity contribution is 5.89. The maximum absolute atomic E-state index is 12.4. The Labute approximate surface area is 132 Å². The van der Waals surface area contributed by atoms with E-state index in [1.807, 2.05) is 37.3 Å². The first-order chi connectivity index (χ1) is 11.2. The summed E-state index contributed by atoms with van der Waals surface area (Å²) in [7, 11) is 0. The maximum atomic E-state index is 12.4. The van der Waals surface area contributed by atoms with Gasteiger partial charge in [0.1, 0.15) is 0 Å². The summed E-state index contributed by atoms with van der Waals surface area (Å²) in [4.78, 5) is 16.6. The third-order valence-electron chi connectivity index (χ3n) is 3.29. The van der Waals surface area contributed by atoms with Gasteiger partial charge in [0.05, 0.1) is 11.8 Å². The lowest BCUT2D eigenvalue weighted by Gasteiger charge is -2.14. The summed E-state index contributed by atoms with van der Waals surface area (Å²) in [5, 5.41) is 7.84. The number of nitrogens with zero attached hydrogens (tertiary/aromatic N) is 4. The molecule has 0 spiro atoms. The van der Waals surface area contributed by atoms with Gasteiger partial charge in [-0.05, 0) is 13.8 Å². The highest BCUT2D eigenvalue weighted by atomic mass is 16.6. The van der Waals surface area contributed by atoms with Crippen molar-refractivity contribution in [2.75, 3.05) is 0 Å². The second-order valence-corrected chi connectivity index (χ2v) is 4.96. The molecule has 1 atom stereocenters. The monoisotopic (exact) mass is 312 g/mol. The normalized spacial score (nSPS) is 12.1. The molecule has 3 rings (SSSR count). The van der Waals surface area contributed by atoms with Crippen molar-refractivity contribution in [2.24, 2.45) is 0 Å². The zero-order valence-corrected chi connectivity index (χ0v) is 12.8. The van der Waals surface area contributed by atoms with Crippen molar-refractivity contribution >= 4 is 5.97 Å². The van der Waals surface area contributed by atoms with Crippen LogP contribution in [0.5, 0.6) is 0 Å². The van der Waals surface area contributed by atoms with E-state index in [1.54, 1.807) is 17.8 Å². The molecule has 2 aromatic heterocycles. The van der Waals surface area contributed by atoms with E-state index in [9.17, 15) is 4.79 Å². The number of hydrogen-bond donors (Lipinski definition) is 0. The highest BCUT2D eigenvalue weighted by Crippen LogP contribution is 2.25. The fourth-order valence-corrected chi connectivity index (χ4v) is 2.13. The number of hydrogen-bond acceptors (Lipinski definition) is 6. The summed E-state index contributed by atoms with van der Waals surface area (Å²) < 4.78 is 12.4. The minimum atomic E-state index is -0.755. The molecule has 3 aromatic rings. The van der Waals surface area contributed by atoms with E-state index >= 15 is 0 Å². The number of aryl methyl sites for hydroxylation is 2. The van der Waals surface area contributed by atoms with Gasteiger partial charge >= 0.3 is 5.97 Å². The fourth-order valence-electron chi connectivity index (χ4n) is 2.13. The predicted molar refractivity (Wildman–Crippen MR) is 80.6 cm³/mol. The molecule has 23 heavy (non-hydrogen) atoms. The fraction of sp³-hybridized carbons (Fsp3) is 0.250. The first kappa shape index (κ1) is 15.0. The zero-order chi connectivity index (χ0) is 16.2. The van der Waals surface area contributed by atoms with E-state index in [1.165, 1.54) is 6.20 Å². The van der Waals surface area contributed by atoms with Crippen LogP contribution in [0.1, 0.15) is 40.7 Å². The van der Waals surface area contributed by atoms with Crippen LogP contribution < -0.4 is 0 Å². The van der Waals surface area contributed by atoms with Gasteiger partial charge in [0.15, 0.2) is 5.82 Å². The summed E-state index contributed by atoms with van der Waals surface area (Å²) in [5.41, 5.74) is 1.14. The summed E-state index contributed by atoms with van der Waals surface area (Å²) in [6.45, 7) is 4.33. The van der Waals surface area contributed by atoms with Crippen LogP contribution >= 0.6 is 0 Å². The minimum Gasteiger partial charge on any atom is -0.444 e. The van der Waals surface area contributed by atoms with Gasteiger partial charge in [-0.1, -0.05) is 35.5 Å². The van der Waals surface area contributed by atoms with Crippen molar-refractivity contribution in [3.05, 3.63) is 65.6 Å². The molecule has 0 aliphatic rings. The average molecular weight is 312 g/mol. The molecule has 7 heteroatoms. The summed E-state index contributed by atoms with van der Waals surface area (Å²) in [6, 6.07) is 9.27. The maximum Gasteiger partial charge on any atom is 0.342 e. The van der Waals surface area contributed by atoms with Crippen LogP contribution in [-0.2, 0) is 11.3 Å². The number of ether oxygens (including phenoxy) is 1. The summed E-state index contributed by atoms with van der Waals surface area (Å²) >= 11 is 0. The standard InChI is InChI=1S/C16H16N4O3/c1-3-20-10-13(9-17-20)16(21)22-14(12-7-5-4-6-8-12)15-18-11(2)19-23-15/h4-10,14H,3H2,1-2H3/t14-/m0/s1. The predicted octanol–water partition coefficient (Wildman–Crippen LogP) is 2.54. The topological polar surface area (TPSA) is 83.0 Å². The van der Waals surface area contributed by atoms with E-state index in [2.05, 4.69) is 15.2 Å². The Balaban J connectivity index is 1.88. The lowest BCUT2D eigenvalue weighted by atomic mass is 10.1. The van der Waals surface area contributed by atoms with Gasteiger partial charge in [0, 0.05) is 18.3 Å². The number of carbonyl (C=O) groups is 1. The van der Waals surface area contributed by atoms with Crippen molar-refractivity contribution in [1.29, 1.82) is 0 Å². The Kier molecular flexibility index (Phi) is 4.18. The number of carbonyl (C=O) groups excluding carboxylic acids is 1. The molecule has 0 saturated carbocycles. The zero-order valence-electron chi connectivity index (χ0n) is 12.8. The van der Waals surface area contributed by atoms with Crippen LogP contribution in [-0.4, -0.2) is 25.9 Å². The van der Waals surface area contributed by atoms with E-state index in [0.717, 1.165) is 5.56 Å². The quantitative estimate of drug-likeness (QED) is 0.673. The van der Waals surface area contributed by atoms with E-state index in [4.69, 9.17) is 9.26 Å². The third kappa shape index (κ3) is 3.28. The number of aromatic nitrogens is 4. The molecule has 0 aliphatic carbocycles. The molecule has 2 heterocycles. The van der Waals surface area contributed by atoms with Gasteiger partial charge in [-0.2, -0.15) is 10.1 Å². The molecule has 0 aliphatic heterocycles. The van der Waals surface area contributed by atoms with Crippen molar-refractivity contribution in [3.8, 4) is 0 Å². The van der Waals surface area contributed by atoms with Crippen molar-refractivity contribution in [3.63, 3.8) is 0 Å². The Morgan fingerprint density at radius 2 is 2.13 bits per heavy atom. The minimum absolute atomic E-state index is 0.241. The van der Waals surface area contributed by atoms with Crippen LogP contribution in [0, 0.1) is 6.92 Å². The second kappa shape index (κ2) is 6.43. The highest BCUT2D eigenvalue weighted by Gasteiger charge is 2.26. The Hall–Kier alpha value is -2.96. The second-order valence-electron chi connectivity index (χ2n) is 4.96. The van der Waals surface area contributed by atoms with Crippen molar-refractivity contribution in [2.45, 2.75) is 26.5 Å². The van der Waals surface area contributed by atoms with Crippen LogP contribution in [0.15, 0.2) is 47.2 Å². The lowest BCUT2D eigenvalue weighted by molar-refractivity contribution is 0.0314.